The van der Waals surface area contributed by atoms with E-state index < -0.39 is 17.9 Å². The van der Waals surface area contributed by atoms with Gasteiger partial charge in [0.25, 0.3) is 0 Å². The van der Waals surface area contributed by atoms with E-state index in [1.54, 1.807) is 12.1 Å². The van der Waals surface area contributed by atoms with Gasteiger partial charge in [-0.3, -0.25) is 9.63 Å². The molecule has 0 aliphatic heterocycles. The summed E-state index contributed by atoms with van der Waals surface area (Å²) in [5.74, 6) is -1.46. The van der Waals surface area contributed by atoms with Gasteiger partial charge in [-0.05, 0) is 37.9 Å². The summed E-state index contributed by atoms with van der Waals surface area (Å²) in [6, 6.07) is 8.20. The van der Waals surface area contributed by atoms with Crippen LogP contribution in [0.15, 0.2) is 30.3 Å². The maximum Gasteiger partial charge on any atom is 0.326 e. The lowest BCUT2D eigenvalue weighted by Gasteiger charge is -2.22. The molecule has 7 nitrogen and oxygen atoms in total. The Labute approximate surface area is 130 Å². The van der Waals surface area contributed by atoms with Crippen LogP contribution in [-0.4, -0.2) is 43.2 Å². The lowest BCUT2D eigenvalue weighted by atomic mass is 10.1. The molecule has 1 amide bonds. The predicted molar refractivity (Wildman–Crippen MR) is 83.3 cm³/mol. The van der Waals surface area contributed by atoms with E-state index in [4.69, 9.17) is 15.7 Å². The monoisotopic (exact) mass is 309 g/mol. The third-order valence-electron chi connectivity index (χ3n) is 3.13. The number of aliphatic carboxylic acids is 1. The van der Waals surface area contributed by atoms with Gasteiger partial charge in [-0.2, -0.15) is 0 Å². The zero-order valence-electron chi connectivity index (χ0n) is 12.7. The number of unbranched alkanes of at least 4 members (excludes halogenated alkanes) is 1. The highest BCUT2D eigenvalue weighted by atomic mass is 16.7. The number of carbonyl (C=O) groups is 2. The zero-order valence-corrected chi connectivity index (χ0v) is 12.7. The van der Waals surface area contributed by atoms with Crippen molar-refractivity contribution in [2.45, 2.75) is 25.3 Å². The molecule has 0 aliphatic rings. The number of nitrogens with one attached hydrogen (secondary N) is 1. The molecule has 0 aliphatic carbocycles. The van der Waals surface area contributed by atoms with E-state index in [1.807, 2.05) is 18.2 Å². The lowest BCUT2D eigenvalue weighted by molar-refractivity contribution is -0.142. The Balaban J connectivity index is 2.56. The zero-order chi connectivity index (χ0) is 16.4. The molecule has 0 saturated carbocycles. The van der Waals surface area contributed by atoms with Crippen molar-refractivity contribution in [3.63, 3.8) is 0 Å². The number of nitrogens with two attached hydrogens (primary N) is 1. The first kappa shape index (κ1) is 17.9. The Hall–Kier alpha value is -2.12. The Kier molecular flexibility index (Phi) is 7.95. The quantitative estimate of drug-likeness (QED) is 0.435. The lowest BCUT2D eigenvalue weighted by Crippen LogP contribution is -2.45. The molecule has 1 aromatic carbocycles. The van der Waals surface area contributed by atoms with Crippen molar-refractivity contribution >= 4 is 17.6 Å². The molecule has 1 rings (SSSR count). The van der Waals surface area contributed by atoms with Gasteiger partial charge < -0.3 is 16.2 Å². The van der Waals surface area contributed by atoms with Crippen LogP contribution >= 0.6 is 0 Å². The molecule has 0 heterocycles. The number of nitrogens with zero attached hydrogens (tertiary/aromatic N) is 1. The first-order valence-electron chi connectivity index (χ1n) is 7.17. The van der Waals surface area contributed by atoms with Gasteiger partial charge in [-0.25, -0.2) is 9.86 Å². The van der Waals surface area contributed by atoms with Gasteiger partial charge in [0.15, 0.2) is 0 Å². The SMILES string of the molecule is CON(CC(=O)N[C@@H](CCCCN)C(=O)O)c1ccccc1. The van der Waals surface area contributed by atoms with Gasteiger partial charge in [0, 0.05) is 0 Å². The summed E-state index contributed by atoms with van der Waals surface area (Å²) >= 11 is 0. The molecule has 7 heteroatoms. The Bertz CT molecular complexity index is 467. The minimum Gasteiger partial charge on any atom is -0.480 e. The highest BCUT2D eigenvalue weighted by Gasteiger charge is 2.21. The highest BCUT2D eigenvalue weighted by molar-refractivity contribution is 5.86. The van der Waals surface area contributed by atoms with Gasteiger partial charge in [0.1, 0.15) is 12.6 Å². The van der Waals surface area contributed by atoms with E-state index in [9.17, 15) is 9.59 Å². The van der Waals surface area contributed by atoms with Crippen LogP contribution in [0.5, 0.6) is 0 Å². The van der Waals surface area contributed by atoms with Gasteiger partial charge in [-0.1, -0.05) is 18.2 Å². The molecule has 0 saturated heterocycles. The summed E-state index contributed by atoms with van der Waals surface area (Å²) in [6.45, 7) is 0.424. The third-order valence-corrected chi connectivity index (χ3v) is 3.13. The van der Waals surface area contributed by atoms with Crippen LogP contribution in [0, 0.1) is 0 Å². The smallest absolute Gasteiger partial charge is 0.326 e. The summed E-state index contributed by atoms with van der Waals surface area (Å²) in [5, 5.41) is 13.0. The van der Waals surface area contributed by atoms with Crippen LogP contribution in [0.3, 0.4) is 0 Å². The van der Waals surface area contributed by atoms with Gasteiger partial charge in [-0.15, -0.1) is 0 Å². The van der Waals surface area contributed by atoms with E-state index in [0.29, 0.717) is 19.4 Å². The van der Waals surface area contributed by atoms with E-state index in [2.05, 4.69) is 5.32 Å². The number of carboxylic acid groups (broad SMARTS) is 1. The fourth-order valence-corrected chi connectivity index (χ4v) is 1.98. The van der Waals surface area contributed by atoms with Gasteiger partial charge in [0.05, 0.1) is 12.8 Å². The van der Waals surface area contributed by atoms with Crippen LogP contribution < -0.4 is 16.1 Å². The van der Waals surface area contributed by atoms with Crippen LogP contribution in [0.1, 0.15) is 19.3 Å². The molecule has 0 aromatic heterocycles. The third kappa shape index (κ3) is 6.11. The minimum absolute atomic E-state index is 0.0822. The summed E-state index contributed by atoms with van der Waals surface area (Å²) < 4.78 is 0. The molecule has 0 bridgehead atoms. The number of hydroxylamine groups is 1. The number of anilines is 1. The van der Waals surface area contributed by atoms with Crippen molar-refractivity contribution in [1.29, 1.82) is 0 Å². The molecule has 0 spiro atoms. The van der Waals surface area contributed by atoms with E-state index in [1.165, 1.54) is 12.2 Å². The second-order valence-corrected chi connectivity index (χ2v) is 4.80. The second kappa shape index (κ2) is 9.75. The van der Waals surface area contributed by atoms with Gasteiger partial charge in [0.2, 0.25) is 5.91 Å². The summed E-state index contributed by atoms with van der Waals surface area (Å²) in [5.41, 5.74) is 6.10. The maximum absolute atomic E-state index is 12.0. The Morgan fingerprint density at radius 3 is 2.55 bits per heavy atom. The predicted octanol–water partition coefficient (Wildman–Crippen LogP) is 0.753. The first-order chi connectivity index (χ1) is 10.6. The van der Waals surface area contributed by atoms with Crippen molar-refractivity contribution in [3.8, 4) is 0 Å². The molecule has 1 atom stereocenters. The normalized spacial score (nSPS) is 11.7. The number of amides is 1. The Morgan fingerprint density at radius 2 is 2.00 bits per heavy atom. The maximum atomic E-state index is 12.0. The molecule has 1 aromatic rings. The fourth-order valence-electron chi connectivity index (χ4n) is 1.98. The topological polar surface area (TPSA) is 105 Å². The molecule has 22 heavy (non-hydrogen) atoms. The van der Waals surface area contributed by atoms with Crippen LogP contribution in [0.25, 0.3) is 0 Å². The number of benzene rings is 1. The average Bonchev–Trinajstić information content (AvgIpc) is 2.52. The van der Waals surface area contributed by atoms with Crippen LogP contribution in [0.2, 0.25) is 0 Å². The molecular weight excluding hydrogens is 286 g/mol. The summed E-state index contributed by atoms with van der Waals surface area (Å²) in [6.07, 6.45) is 1.74. The molecule has 0 unspecified atom stereocenters. The largest absolute Gasteiger partial charge is 0.480 e. The minimum atomic E-state index is -1.05. The van der Waals surface area contributed by atoms with Crippen molar-refractivity contribution in [2.75, 3.05) is 25.3 Å². The molecule has 4 N–H and O–H groups in total. The number of rotatable bonds is 10. The van der Waals surface area contributed by atoms with Crippen LogP contribution in [-0.2, 0) is 14.4 Å². The molecule has 0 radical (unpaired) electrons. The second-order valence-electron chi connectivity index (χ2n) is 4.80. The standard InChI is InChI=1S/C15H23N3O4/c1-22-18(12-7-3-2-4-8-12)11-14(19)17-13(15(20)21)9-5-6-10-16/h2-4,7-8,13H,5-6,9-11,16H2,1H3,(H,17,19)(H,20,21)/t13-/m0/s1. The van der Waals surface area contributed by atoms with Crippen molar-refractivity contribution in [3.05, 3.63) is 30.3 Å². The summed E-state index contributed by atoms with van der Waals surface area (Å²) in [4.78, 5) is 28.3. The van der Waals surface area contributed by atoms with Crippen LogP contribution in [0.4, 0.5) is 5.69 Å². The van der Waals surface area contributed by atoms with Gasteiger partial charge >= 0.3 is 5.97 Å². The molecule has 122 valence electrons. The van der Waals surface area contributed by atoms with E-state index >= 15 is 0 Å². The number of hydrogen-bond acceptors (Lipinski definition) is 5. The van der Waals surface area contributed by atoms with E-state index in [0.717, 1.165) is 12.1 Å². The van der Waals surface area contributed by atoms with Crippen molar-refractivity contribution in [1.82, 2.24) is 5.32 Å². The first-order valence-corrected chi connectivity index (χ1v) is 7.17. The van der Waals surface area contributed by atoms with Crippen molar-refractivity contribution in [2.24, 2.45) is 5.73 Å². The summed E-state index contributed by atoms with van der Waals surface area (Å²) in [7, 11) is 1.45. The number of carbonyl (C=O) groups excluding carboxylic acids is 1. The molecular formula is C15H23N3O4. The van der Waals surface area contributed by atoms with E-state index in [-0.39, 0.29) is 6.54 Å². The van der Waals surface area contributed by atoms with Crippen molar-refractivity contribution < 1.29 is 19.5 Å². The fraction of sp³-hybridized carbons (Fsp3) is 0.467. The average molecular weight is 309 g/mol. The highest BCUT2D eigenvalue weighted by Crippen LogP contribution is 2.12. The molecule has 0 fully saturated rings. The Morgan fingerprint density at radius 1 is 1.32 bits per heavy atom. The number of hydrogen-bond donors (Lipinski definition) is 3. The number of carboxylic acids is 1. The number of para-hydroxylation sites is 1.